The van der Waals surface area contributed by atoms with E-state index in [1.54, 1.807) is 30.9 Å². The molecule has 1 saturated heterocycles. The molecule has 0 bridgehead atoms. The van der Waals surface area contributed by atoms with Crippen LogP contribution in [0, 0.1) is 61.0 Å². The monoisotopic (exact) mass is 711 g/mol. The van der Waals surface area contributed by atoms with Gasteiger partial charge in [0, 0.05) is 13.0 Å². The van der Waals surface area contributed by atoms with Crippen molar-refractivity contribution in [2.75, 3.05) is 24.5 Å². The summed E-state index contributed by atoms with van der Waals surface area (Å²) in [4.78, 5) is 48.9. The summed E-state index contributed by atoms with van der Waals surface area (Å²) in [6, 6.07) is 12.2. The van der Waals surface area contributed by atoms with Crippen molar-refractivity contribution >= 4 is 58.3 Å². The second kappa shape index (κ2) is 17.9. The number of hydrogen-bond donors (Lipinski definition) is 1. The zero-order valence-electron chi connectivity index (χ0n) is 27.9. The number of nitrogens with one attached hydrogen (secondary N) is 1. The maximum absolute atomic E-state index is 13.2. The van der Waals surface area contributed by atoms with Gasteiger partial charge in [-0.3, -0.25) is 10.1 Å². The maximum atomic E-state index is 13.2. The summed E-state index contributed by atoms with van der Waals surface area (Å²) in [5.41, 5.74) is 1.55. The van der Waals surface area contributed by atoms with Crippen molar-refractivity contribution < 1.29 is 14.4 Å². The Kier molecular flexibility index (Phi) is 14.1. The number of rotatable bonds is 7. The van der Waals surface area contributed by atoms with Crippen LogP contribution in [-0.2, 0) is 9.59 Å². The minimum atomic E-state index is -0.839. The maximum Gasteiger partial charge on any atom is 0.332 e. The van der Waals surface area contributed by atoms with E-state index in [1.165, 1.54) is 23.1 Å². The molecule has 12 nitrogen and oxygen atoms in total. The first-order valence-electron chi connectivity index (χ1n) is 16.0. The number of isocyanates is 1. The molecule has 5 rings (SSSR count). The fourth-order valence-corrected chi connectivity index (χ4v) is 6.82. The number of nitriles is 3. The molecule has 3 aliphatic rings. The molecule has 1 aliphatic heterocycles. The Hall–Kier alpha value is -5.25. The number of nitrogens with zero attached hydrogens (tertiary/aromatic N) is 8. The van der Waals surface area contributed by atoms with Crippen molar-refractivity contribution in [3.63, 3.8) is 0 Å². The Balaban J connectivity index is 0.000000227. The molecular weight excluding hydrogens is 677 g/mol. The molecule has 1 spiro atoms. The lowest BCUT2D eigenvalue weighted by Crippen LogP contribution is -2.48. The molecular formula is C36H35Cl2N9O3. The minimum Gasteiger partial charge on any atom is -0.315 e. The summed E-state index contributed by atoms with van der Waals surface area (Å²) < 4.78 is 0. The van der Waals surface area contributed by atoms with Crippen LogP contribution in [0.2, 0.25) is 10.0 Å². The molecule has 0 unspecified atom stereocenters. The number of carbonyl (C=O) groups is 2. The number of benzene rings is 2. The third kappa shape index (κ3) is 8.30. The summed E-state index contributed by atoms with van der Waals surface area (Å²) in [5.74, 6) is -0.246. The molecule has 3 amide bonds. The number of imide groups is 1. The van der Waals surface area contributed by atoms with E-state index >= 15 is 0 Å². The summed E-state index contributed by atoms with van der Waals surface area (Å²) in [5, 5.41) is 30.1. The van der Waals surface area contributed by atoms with E-state index in [-0.39, 0.29) is 29.6 Å². The molecule has 2 aliphatic carbocycles. The number of anilines is 1. The quantitative estimate of drug-likeness (QED) is 0.0999. The van der Waals surface area contributed by atoms with E-state index in [2.05, 4.69) is 32.1 Å². The molecule has 0 aromatic heterocycles. The van der Waals surface area contributed by atoms with Crippen LogP contribution < -0.4 is 10.2 Å². The number of urea groups is 1. The van der Waals surface area contributed by atoms with Gasteiger partial charge < -0.3 is 9.74 Å². The van der Waals surface area contributed by atoms with Crippen LogP contribution in [0.3, 0.4) is 0 Å². The molecule has 0 atom stereocenters. The van der Waals surface area contributed by atoms with E-state index in [9.17, 15) is 14.4 Å². The highest BCUT2D eigenvalue weighted by Gasteiger charge is 2.59. The number of aliphatic imine (C=N–C) groups is 1. The van der Waals surface area contributed by atoms with Crippen molar-refractivity contribution in [1.82, 2.24) is 10.2 Å². The summed E-state index contributed by atoms with van der Waals surface area (Å²) in [6.45, 7) is 18.3. The van der Waals surface area contributed by atoms with E-state index < -0.39 is 11.6 Å². The van der Waals surface area contributed by atoms with Crippen LogP contribution in [0.5, 0.6) is 0 Å². The van der Waals surface area contributed by atoms with Gasteiger partial charge in [-0.2, -0.15) is 20.8 Å². The van der Waals surface area contributed by atoms with Crippen LogP contribution in [0.4, 0.5) is 21.9 Å². The highest BCUT2D eigenvalue weighted by atomic mass is 35.5. The predicted octanol–water partition coefficient (Wildman–Crippen LogP) is 8.01. The zero-order valence-corrected chi connectivity index (χ0v) is 29.4. The van der Waals surface area contributed by atoms with Gasteiger partial charge in [-0.15, -0.1) is 0 Å². The van der Waals surface area contributed by atoms with Gasteiger partial charge in [0.05, 0.1) is 52.2 Å². The first kappa shape index (κ1) is 39.2. The largest absolute Gasteiger partial charge is 0.332 e. The normalized spacial score (nSPS) is 16.4. The summed E-state index contributed by atoms with van der Waals surface area (Å²) >= 11 is 12.1. The average molecular weight is 713 g/mol. The average Bonchev–Trinajstić information content (AvgIpc) is 3.85. The highest BCUT2D eigenvalue weighted by Crippen LogP contribution is 2.44. The molecule has 1 N–H and O–H groups in total. The second-order valence-corrected chi connectivity index (χ2v) is 12.7. The highest BCUT2D eigenvalue weighted by molar-refractivity contribution is 6.34. The van der Waals surface area contributed by atoms with E-state index in [1.807, 2.05) is 6.07 Å². The van der Waals surface area contributed by atoms with Gasteiger partial charge in [0.15, 0.2) is 5.69 Å². The van der Waals surface area contributed by atoms with Crippen LogP contribution in [0.15, 0.2) is 29.3 Å². The Bertz CT molecular complexity index is 1880. The first-order chi connectivity index (χ1) is 24.0. The number of amides is 3. The number of halogens is 2. The van der Waals surface area contributed by atoms with Crippen molar-refractivity contribution in [1.29, 1.82) is 15.8 Å². The Morgan fingerprint density at radius 1 is 0.960 bits per heavy atom. The molecule has 2 aromatic carbocycles. The molecule has 0 radical (unpaired) electrons. The van der Waals surface area contributed by atoms with Crippen molar-refractivity contribution in [3.8, 4) is 18.2 Å². The van der Waals surface area contributed by atoms with Crippen LogP contribution in [-0.4, -0.2) is 53.6 Å². The molecule has 1 heterocycles. The molecule has 2 saturated carbocycles. The van der Waals surface area contributed by atoms with E-state index in [4.69, 9.17) is 52.1 Å². The lowest BCUT2D eigenvalue weighted by Gasteiger charge is -2.29. The topological polar surface area (TPSA) is 162 Å². The predicted molar refractivity (Wildman–Crippen MR) is 188 cm³/mol. The van der Waals surface area contributed by atoms with Gasteiger partial charge in [0.2, 0.25) is 12.6 Å². The van der Waals surface area contributed by atoms with Crippen LogP contribution in [0.25, 0.3) is 9.69 Å². The van der Waals surface area contributed by atoms with E-state index in [0.29, 0.717) is 64.6 Å². The molecule has 14 heteroatoms. The zero-order chi connectivity index (χ0) is 36.9. The third-order valence-electron chi connectivity index (χ3n) is 9.12. The first-order valence-corrected chi connectivity index (χ1v) is 16.7. The number of carbonyl (C=O) groups excluding carboxylic acids is 3. The third-order valence-corrected chi connectivity index (χ3v) is 10.1. The standard InChI is InChI=1S/C18H17ClN4O2.C9H5ClN2O.C9H13N3/c1-12-14(6-5-13(11-20)15(12)19)23-16(24)18(7-3-4-8-18)22(17(23)25)10-9-21-2;1-6-7(11-2)3-4-8(9(6)10)12-5-13;10-6-3-7-12-9(8-11)4-1-2-5-9/h5-6H,3-4,7-10H2,1H3;3-4H,1H3;12H,1-5,7H2. The van der Waals surface area contributed by atoms with Crippen LogP contribution in [0.1, 0.15) is 74.5 Å². The minimum absolute atomic E-state index is 0.168. The SMILES string of the molecule is N#CCCNC1(C#N)CCCC1.[C-]#[N+]CCN1C(=O)N(c2ccc(C#N)c(Cl)c2C)C(=O)C12CCCC2.[C-]#[N+]c1ccc(N=C=O)c(Cl)c1C. The van der Waals surface area contributed by atoms with Gasteiger partial charge in [0.25, 0.3) is 5.91 Å². The van der Waals surface area contributed by atoms with Gasteiger partial charge >= 0.3 is 6.03 Å². The smallest absolute Gasteiger partial charge is 0.315 e. The van der Waals surface area contributed by atoms with Crippen molar-refractivity contribution in [2.24, 2.45) is 4.99 Å². The van der Waals surface area contributed by atoms with Gasteiger partial charge in [-0.1, -0.05) is 55.0 Å². The summed E-state index contributed by atoms with van der Waals surface area (Å²) in [6.07, 6.45) is 9.04. The van der Waals surface area contributed by atoms with E-state index in [0.717, 1.165) is 38.5 Å². The lowest BCUT2D eigenvalue weighted by molar-refractivity contribution is -0.124. The molecule has 50 heavy (non-hydrogen) atoms. The Morgan fingerprint density at radius 3 is 2.18 bits per heavy atom. The lowest BCUT2D eigenvalue weighted by atomic mass is 9.95. The van der Waals surface area contributed by atoms with Gasteiger partial charge in [-0.25, -0.2) is 25.9 Å². The van der Waals surface area contributed by atoms with Gasteiger partial charge in [0.1, 0.15) is 17.1 Å². The fraction of sp³-hybridized carbons (Fsp3) is 0.444. The fourth-order valence-electron chi connectivity index (χ4n) is 6.42. The molecule has 2 aromatic rings. The molecule has 3 fully saturated rings. The van der Waals surface area contributed by atoms with Crippen molar-refractivity contribution in [3.05, 3.63) is 73.8 Å². The number of hydrogen-bond acceptors (Lipinski definition) is 8. The Labute approximate surface area is 302 Å². The Morgan fingerprint density at radius 2 is 1.62 bits per heavy atom. The van der Waals surface area contributed by atoms with Crippen molar-refractivity contribution in [2.45, 2.75) is 82.7 Å². The second-order valence-electron chi connectivity index (χ2n) is 12.0. The molecule has 256 valence electrons. The van der Waals surface area contributed by atoms with Crippen LogP contribution >= 0.6 is 23.2 Å². The van der Waals surface area contributed by atoms with Gasteiger partial charge in [-0.05, 0) is 68.9 Å². The summed E-state index contributed by atoms with van der Waals surface area (Å²) in [7, 11) is 0.